The Bertz CT molecular complexity index is 1040. The van der Waals surface area contributed by atoms with E-state index in [4.69, 9.17) is 18.9 Å². The third-order valence-corrected chi connectivity index (χ3v) is 13.1. The lowest BCUT2D eigenvalue weighted by Gasteiger charge is -2.63. The van der Waals surface area contributed by atoms with Crippen molar-refractivity contribution in [1.29, 1.82) is 0 Å². The summed E-state index contributed by atoms with van der Waals surface area (Å²) in [6.07, 6.45) is 6.96. The largest absolute Gasteiger partial charge is 0.463 e. The number of fused-ring (bicyclic) bond motifs is 7. The van der Waals surface area contributed by atoms with Crippen LogP contribution in [0.25, 0.3) is 0 Å². The van der Waals surface area contributed by atoms with Crippen molar-refractivity contribution in [3.8, 4) is 0 Å². The Morgan fingerprint density at radius 2 is 1.59 bits per heavy atom. The maximum Gasteiger partial charge on any atom is 0.302 e. The highest BCUT2D eigenvalue weighted by Gasteiger charge is 2.77. The number of carbonyl (C=O) groups excluding carboxylic acids is 2. The number of hydrogen-bond acceptors (Lipinski definition) is 7. The molecule has 1 spiro atoms. The monoisotopic (exact) mass is 546 g/mol. The highest BCUT2D eigenvalue weighted by molar-refractivity contribution is 5.66. The minimum Gasteiger partial charge on any atom is -0.463 e. The van der Waals surface area contributed by atoms with Gasteiger partial charge in [-0.25, -0.2) is 0 Å². The molecule has 7 nitrogen and oxygen atoms in total. The molecule has 220 valence electrons. The van der Waals surface area contributed by atoms with Gasteiger partial charge in [-0.05, 0) is 100 Å². The zero-order chi connectivity index (χ0) is 28.3. The van der Waals surface area contributed by atoms with Crippen LogP contribution in [0.4, 0.5) is 0 Å². The van der Waals surface area contributed by atoms with Crippen molar-refractivity contribution in [2.75, 3.05) is 0 Å². The van der Waals surface area contributed by atoms with E-state index in [0.717, 1.165) is 44.9 Å². The maximum atomic E-state index is 12.5. The minimum atomic E-state index is -1.14. The highest BCUT2D eigenvalue weighted by atomic mass is 16.7. The molecular weight excluding hydrogens is 496 g/mol. The van der Waals surface area contributed by atoms with Gasteiger partial charge < -0.3 is 24.1 Å². The van der Waals surface area contributed by atoms with Crippen LogP contribution in [-0.2, 0) is 28.5 Å². The van der Waals surface area contributed by atoms with Crippen LogP contribution in [0.1, 0.15) is 107 Å². The lowest BCUT2D eigenvalue weighted by atomic mass is 9.43. The topological polar surface area (TPSA) is 91.3 Å². The van der Waals surface area contributed by atoms with Crippen molar-refractivity contribution in [1.82, 2.24) is 0 Å². The van der Waals surface area contributed by atoms with E-state index >= 15 is 0 Å². The normalized spacial score (nSPS) is 55.4. The zero-order valence-corrected chi connectivity index (χ0v) is 25.2. The minimum absolute atomic E-state index is 0.0123. The van der Waals surface area contributed by atoms with Gasteiger partial charge in [-0.2, -0.15) is 0 Å². The molecule has 0 radical (unpaired) electrons. The summed E-state index contributed by atoms with van der Waals surface area (Å²) in [7, 11) is 0. The van der Waals surface area contributed by atoms with Crippen molar-refractivity contribution >= 4 is 11.9 Å². The lowest BCUT2D eigenvalue weighted by molar-refractivity contribution is -0.300. The molecule has 0 unspecified atom stereocenters. The molecule has 4 saturated carbocycles. The highest BCUT2D eigenvalue weighted by Crippen LogP contribution is 2.73. The summed E-state index contributed by atoms with van der Waals surface area (Å²) in [4.78, 5) is 24.2. The molecule has 0 bridgehead atoms. The first-order valence-corrected chi connectivity index (χ1v) is 15.5. The first-order valence-electron chi connectivity index (χ1n) is 15.5. The Kier molecular flexibility index (Phi) is 6.22. The van der Waals surface area contributed by atoms with Gasteiger partial charge in [0.15, 0.2) is 5.79 Å². The molecule has 0 amide bonds. The molecule has 13 atom stereocenters. The van der Waals surface area contributed by atoms with Crippen LogP contribution < -0.4 is 0 Å². The second kappa shape index (κ2) is 8.67. The van der Waals surface area contributed by atoms with Gasteiger partial charge in [0.2, 0.25) is 0 Å². The number of hydrogen-bond donors (Lipinski definition) is 1. The van der Waals surface area contributed by atoms with Gasteiger partial charge in [-0.15, -0.1) is 0 Å². The molecule has 1 N–H and O–H groups in total. The quantitative estimate of drug-likeness (QED) is 0.463. The average Bonchev–Trinajstić information content (AvgIpc) is 3.30. The Morgan fingerprint density at radius 1 is 0.897 bits per heavy atom. The lowest BCUT2D eigenvalue weighted by Crippen LogP contribution is -2.63. The van der Waals surface area contributed by atoms with Gasteiger partial charge in [-0.1, -0.05) is 20.8 Å². The van der Waals surface area contributed by atoms with Crippen molar-refractivity contribution < 1.29 is 33.6 Å². The van der Waals surface area contributed by atoms with E-state index < -0.39 is 11.4 Å². The molecule has 6 fully saturated rings. The van der Waals surface area contributed by atoms with Crippen molar-refractivity contribution in [3.63, 3.8) is 0 Å². The number of aliphatic hydroxyl groups is 1. The van der Waals surface area contributed by atoms with Gasteiger partial charge in [0.25, 0.3) is 0 Å². The molecule has 4 aliphatic carbocycles. The Labute approximate surface area is 234 Å². The van der Waals surface area contributed by atoms with E-state index in [1.165, 1.54) is 13.8 Å². The summed E-state index contributed by atoms with van der Waals surface area (Å²) in [6.45, 7) is 16.1. The van der Waals surface area contributed by atoms with E-state index in [9.17, 15) is 14.7 Å². The first-order chi connectivity index (χ1) is 18.0. The second-order valence-electron chi connectivity index (χ2n) is 15.5. The van der Waals surface area contributed by atoms with E-state index in [-0.39, 0.29) is 64.4 Å². The molecule has 2 aliphatic heterocycles. The predicted molar refractivity (Wildman–Crippen MR) is 144 cm³/mol. The smallest absolute Gasteiger partial charge is 0.302 e. The standard InChI is InChI=1S/C32H50O7/c1-17-15-32(39-28(17,4)5)31(8,35)27-24(38-32)14-23-22-10-9-20-13-21(36-18(2)33)11-12-29(20,6)26(22)25(37-19(3)34)16-30(23,27)7/h17,20-27,35H,9-16H2,1-8H3/t17-,20-,21+,22-,23-,24-,25-,26+,27-,29-,30-,31+,32-/m0/s1. The SMILES string of the molecule is CC(=O)O[C@@H]1CC[C@@]2(C)[C@@H](CC[C@@H]3[C@@H]2[C@@H](OC(C)=O)C[C@@]2(C)[C@H]3C[C@@H]3O[C@]4(C[C@H](C)C(C)(C)O4)[C@](C)(O)[C@@H]32)C1. The molecule has 39 heavy (non-hydrogen) atoms. The fourth-order valence-electron chi connectivity index (χ4n) is 11.3. The predicted octanol–water partition coefficient (Wildman–Crippen LogP) is 5.41. The van der Waals surface area contributed by atoms with Crippen LogP contribution in [0, 0.1) is 46.3 Å². The molecule has 0 aromatic heterocycles. The van der Waals surface area contributed by atoms with Crippen LogP contribution >= 0.6 is 0 Å². The third kappa shape index (κ3) is 3.84. The number of esters is 2. The third-order valence-electron chi connectivity index (χ3n) is 13.1. The Balaban J connectivity index is 1.33. The summed E-state index contributed by atoms with van der Waals surface area (Å²) in [5.74, 6) is 0.267. The van der Waals surface area contributed by atoms with Crippen LogP contribution in [-0.4, -0.2) is 52.3 Å². The van der Waals surface area contributed by atoms with E-state index in [0.29, 0.717) is 24.2 Å². The molecular formula is C32H50O7. The fraction of sp³-hybridized carbons (Fsp3) is 0.938. The van der Waals surface area contributed by atoms with E-state index in [1.54, 1.807) is 0 Å². The molecule has 0 aromatic rings. The van der Waals surface area contributed by atoms with Gasteiger partial charge in [0, 0.05) is 32.1 Å². The van der Waals surface area contributed by atoms with Crippen molar-refractivity contribution in [2.24, 2.45) is 46.3 Å². The summed E-state index contributed by atoms with van der Waals surface area (Å²) in [6, 6.07) is 0. The van der Waals surface area contributed by atoms with Gasteiger partial charge in [0.1, 0.15) is 17.8 Å². The molecule has 2 saturated heterocycles. The summed E-state index contributed by atoms with van der Waals surface area (Å²) >= 11 is 0. The van der Waals surface area contributed by atoms with Gasteiger partial charge >= 0.3 is 11.9 Å². The van der Waals surface area contributed by atoms with Gasteiger partial charge in [0.05, 0.1) is 11.7 Å². The number of rotatable bonds is 2. The summed E-state index contributed by atoms with van der Waals surface area (Å²) in [5.41, 5.74) is -1.70. The van der Waals surface area contributed by atoms with Crippen molar-refractivity contribution in [3.05, 3.63) is 0 Å². The van der Waals surface area contributed by atoms with E-state index in [2.05, 4.69) is 34.6 Å². The Morgan fingerprint density at radius 3 is 2.21 bits per heavy atom. The molecule has 0 aromatic carbocycles. The maximum absolute atomic E-state index is 12.5. The summed E-state index contributed by atoms with van der Waals surface area (Å²) < 4.78 is 25.4. The number of carbonyl (C=O) groups is 2. The summed E-state index contributed by atoms with van der Waals surface area (Å²) in [5, 5.41) is 12.4. The first kappa shape index (κ1) is 28.0. The Hall–Kier alpha value is -1.18. The fourth-order valence-corrected chi connectivity index (χ4v) is 11.3. The molecule has 2 heterocycles. The van der Waals surface area contributed by atoms with Crippen LogP contribution in [0.5, 0.6) is 0 Å². The molecule has 6 rings (SSSR count). The van der Waals surface area contributed by atoms with Crippen LogP contribution in [0.3, 0.4) is 0 Å². The van der Waals surface area contributed by atoms with Crippen LogP contribution in [0.15, 0.2) is 0 Å². The van der Waals surface area contributed by atoms with Crippen LogP contribution in [0.2, 0.25) is 0 Å². The molecule has 7 heteroatoms. The number of ether oxygens (including phenoxy) is 4. The average molecular weight is 547 g/mol. The second-order valence-corrected chi connectivity index (χ2v) is 15.5. The zero-order valence-electron chi connectivity index (χ0n) is 25.2. The van der Waals surface area contributed by atoms with E-state index in [1.807, 2.05) is 6.92 Å². The van der Waals surface area contributed by atoms with Gasteiger partial charge in [-0.3, -0.25) is 9.59 Å². The molecule has 6 aliphatic rings. The van der Waals surface area contributed by atoms with Crippen molar-refractivity contribution in [2.45, 2.75) is 142 Å².